The molecule has 0 heterocycles. The monoisotopic (exact) mass is 425 g/mol. The lowest BCUT2D eigenvalue weighted by atomic mass is 9.97. The van der Waals surface area contributed by atoms with Gasteiger partial charge in [-0.25, -0.2) is 4.79 Å². The van der Waals surface area contributed by atoms with Crippen LogP contribution in [-0.2, 0) is 9.63 Å². The second kappa shape index (κ2) is 9.66. The van der Waals surface area contributed by atoms with Crippen molar-refractivity contribution in [3.63, 3.8) is 0 Å². The normalized spacial score (nSPS) is 13.3. The molecule has 2 rings (SSSR count). The predicted molar refractivity (Wildman–Crippen MR) is 109 cm³/mol. The van der Waals surface area contributed by atoms with Crippen molar-refractivity contribution in [3.05, 3.63) is 51.5 Å². The number of nitrogens with zero attached hydrogens (tertiary/aromatic N) is 1. The number of aromatic hydroxyl groups is 1. The number of oxime groups is 1. The van der Waals surface area contributed by atoms with Crippen LogP contribution in [0.5, 0.6) is 17.2 Å². The average molecular weight is 426 g/mol. The summed E-state index contributed by atoms with van der Waals surface area (Å²) in [5.41, 5.74) is 1.30. The molecule has 2 atom stereocenters. The maximum atomic E-state index is 10.7. The Balaban J connectivity index is 2.22. The molecule has 2 aromatic carbocycles. The molecule has 2 aromatic rings. The highest BCUT2D eigenvalue weighted by Gasteiger charge is 2.15. The molecule has 0 aromatic heterocycles. The molecule has 0 amide bonds. The van der Waals surface area contributed by atoms with E-state index < -0.39 is 12.1 Å². The number of halogens is 2. The lowest BCUT2D eigenvalue weighted by molar-refractivity contribution is -0.149. The Bertz CT molecular complexity index is 862. The smallest absolute Gasteiger partial charge is 0.347 e. The molecule has 28 heavy (non-hydrogen) atoms. The number of benzene rings is 2. The van der Waals surface area contributed by atoms with Crippen molar-refractivity contribution < 1.29 is 24.6 Å². The number of carbonyl (C=O) groups is 1. The van der Waals surface area contributed by atoms with Crippen LogP contribution in [0.1, 0.15) is 44.2 Å². The Morgan fingerprint density at radius 1 is 1.21 bits per heavy atom. The van der Waals surface area contributed by atoms with Crippen molar-refractivity contribution in [2.24, 2.45) is 5.16 Å². The van der Waals surface area contributed by atoms with Gasteiger partial charge in [-0.3, -0.25) is 0 Å². The number of aliphatic carboxylic acids is 1. The summed E-state index contributed by atoms with van der Waals surface area (Å²) in [6, 6.07) is 8.09. The Morgan fingerprint density at radius 2 is 1.86 bits per heavy atom. The van der Waals surface area contributed by atoms with E-state index in [-0.39, 0.29) is 27.5 Å². The predicted octanol–water partition coefficient (Wildman–Crippen LogP) is 5.83. The Kier molecular flexibility index (Phi) is 7.54. The maximum Gasteiger partial charge on any atom is 0.347 e. The number of phenols is 1. The van der Waals surface area contributed by atoms with Crippen LogP contribution in [-0.4, -0.2) is 28.5 Å². The second-order valence-electron chi connectivity index (χ2n) is 6.27. The fourth-order valence-electron chi connectivity index (χ4n) is 2.31. The summed E-state index contributed by atoms with van der Waals surface area (Å²) >= 11 is 12.6. The van der Waals surface area contributed by atoms with Crippen molar-refractivity contribution in [1.82, 2.24) is 0 Å². The van der Waals surface area contributed by atoms with Gasteiger partial charge in [-0.15, -0.1) is 0 Å². The summed E-state index contributed by atoms with van der Waals surface area (Å²) in [5, 5.41) is 22.9. The molecular weight excluding hydrogens is 405 g/mol. The minimum Gasteiger partial charge on any atom is -0.508 e. The number of carboxylic acid groups (broad SMARTS) is 1. The first kappa shape index (κ1) is 21.9. The van der Waals surface area contributed by atoms with Crippen molar-refractivity contribution >= 4 is 35.4 Å². The number of hydrogen-bond donors (Lipinski definition) is 2. The molecular formula is C20H21Cl2NO5. The van der Waals surface area contributed by atoms with E-state index in [2.05, 4.69) is 5.16 Å². The minimum atomic E-state index is -1.12. The van der Waals surface area contributed by atoms with Crippen molar-refractivity contribution in [2.75, 3.05) is 0 Å². The average Bonchev–Trinajstić information content (AvgIpc) is 2.65. The van der Waals surface area contributed by atoms with Gasteiger partial charge in [0, 0.05) is 5.56 Å². The van der Waals surface area contributed by atoms with E-state index in [0.29, 0.717) is 11.3 Å². The van der Waals surface area contributed by atoms with E-state index in [1.807, 2.05) is 13.8 Å². The fourth-order valence-corrected chi connectivity index (χ4v) is 2.89. The molecule has 2 N–H and O–H groups in total. The lowest BCUT2D eigenvalue weighted by Crippen LogP contribution is -2.17. The highest BCUT2D eigenvalue weighted by atomic mass is 35.5. The Morgan fingerprint density at radius 3 is 2.43 bits per heavy atom. The maximum absolute atomic E-state index is 10.7. The molecule has 0 spiro atoms. The van der Waals surface area contributed by atoms with Crippen molar-refractivity contribution in [1.29, 1.82) is 0 Å². The summed E-state index contributed by atoms with van der Waals surface area (Å²) in [4.78, 5) is 15.5. The molecule has 0 saturated heterocycles. The molecule has 150 valence electrons. The van der Waals surface area contributed by atoms with E-state index in [1.54, 1.807) is 30.3 Å². The van der Waals surface area contributed by atoms with Crippen LogP contribution in [0.4, 0.5) is 0 Å². The summed E-state index contributed by atoms with van der Waals surface area (Å²) < 4.78 is 5.83. The van der Waals surface area contributed by atoms with Gasteiger partial charge in [-0.1, -0.05) is 42.2 Å². The highest BCUT2D eigenvalue weighted by Crippen LogP contribution is 2.39. The first-order valence-corrected chi connectivity index (χ1v) is 9.40. The van der Waals surface area contributed by atoms with Gasteiger partial charge in [0.05, 0.1) is 16.3 Å². The Hall–Kier alpha value is -2.44. The van der Waals surface area contributed by atoms with Crippen LogP contribution in [0.3, 0.4) is 0 Å². The molecule has 8 heteroatoms. The molecule has 6 nitrogen and oxygen atoms in total. The molecule has 0 radical (unpaired) electrons. The largest absolute Gasteiger partial charge is 0.508 e. The quantitative estimate of drug-likeness (QED) is 0.410. The first-order chi connectivity index (χ1) is 13.2. The molecule has 0 aliphatic rings. The van der Waals surface area contributed by atoms with Gasteiger partial charge in [-0.05, 0) is 55.2 Å². The number of hydrogen-bond acceptors (Lipinski definition) is 5. The summed E-state index contributed by atoms with van der Waals surface area (Å²) in [5.74, 6) is 0.0166. The molecule has 0 aliphatic heterocycles. The summed E-state index contributed by atoms with van der Waals surface area (Å²) in [7, 11) is 0. The summed E-state index contributed by atoms with van der Waals surface area (Å²) in [6.45, 7) is 5.41. The number of phenolic OH excluding ortho intramolecular Hbond substituents is 1. The van der Waals surface area contributed by atoms with E-state index in [9.17, 15) is 9.90 Å². The van der Waals surface area contributed by atoms with Crippen LogP contribution in [0.25, 0.3) is 0 Å². The number of ether oxygens (including phenoxy) is 1. The third-order valence-corrected chi connectivity index (χ3v) is 4.71. The number of rotatable bonds is 8. The van der Waals surface area contributed by atoms with Gasteiger partial charge >= 0.3 is 5.97 Å². The van der Waals surface area contributed by atoms with Crippen LogP contribution < -0.4 is 4.74 Å². The second-order valence-corrected chi connectivity index (χ2v) is 7.08. The zero-order chi connectivity index (χ0) is 20.8. The van der Waals surface area contributed by atoms with Crippen molar-refractivity contribution in [2.45, 2.75) is 39.2 Å². The van der Waals surface area contributed by atoms with E-state index in [1.165, 1.54) is 13.1 Å². The standard InChI is InChI=1S/C20H21Cl2NO5/c1-4-11(2)15-9-14(5-6-18(15)24)27-19-16(21)7-13(8-17(19)22)10-23-28-12(3)20(25)26/h5-12,24H,4H2,1-3H3,(H,25,26). The zero-order valence-electron chi connectivity index (χ0n) is 15.6. The van der Waals surface area contributed by atoms with Gasteiger partial charge in [0.2, 0.25) is 6.10 Å². The topological polar surface area (TPSA) is 88.4 Å². The van der Waals surface area contributed by atoms with E-state index >= 15 is 0 Å². The van der Waals surface area contributed by atoms with Crippen molar-refractivity contribution in [3.8, 4) is 17.2 Å². The lowest BCUT2D eigenvalue weighted by Gasteiger charge is -2.15. The molecule has 2 unspecified atom stereocenters. The third kappa shape index (κ3) is 5.53. The van der Waals surface area contributed by atoms with Gasteiger partial charge < -0.3 is 19.8 Å². The van der Waals surface area contributed by atoms with Gasteiger partial charge in [0.25, 0.3) is 0 Å². The van der Waals surface area contributed by atoms with Gasteiger partial charge in [0.15, 0.2) is 5.75 Å². The van der Waals surface area contributed by atoms with E-state index in [4.69, 9.17) is 37.9 Å². The Labute approximate surface area is 173 Å². The molecule has 0 fully saturated rings. The summed E-state index contributed by atoms with van der Waals surface area (Å²) in [6.07, 6.45) is 1.11. The van der Waals surface area contributed by atoms with Gasteiger partial charge in [-0.2, -0.15) is 0 Å². The van der Waals surface area contributed by atoms with Crippen LogP contribution in [0, 0.1) is 0 Å². The number of carboxylic acids is 1. The molecule has 0 saturated carbocycles. The zero-order valence-corrected chi connectivity index (χ0v) is 17.2. The fraction of sp³-hybridized carbons (Fsp3) is 0.300. The SMILES string of the molecule is CCC(C)c1cc(Oc2c(Cl)cc(C=NOC(C)C(=O)O)cc2Cl)ccc1O. The van der Waals surface area contributed by atoms with E-state index in [0.717, 1.165) is 12.0 Å². The minimum absolute atomic E-state index is 0.168. The van der Waals surface area contributed by atoms with Crippen LogP contribution in [0.2, 0.25) is 10.0 Å². The highest BCUT2D eigenvalue weighted by molar-refractivity contribution is 6.37. The molecule has 0 bridgehead atoms. The van der Waals surface area contributed by atoms with Crippen LogP contribution in [0.15, 0.2) is 35.5 Å². The van der Waals surface area contributed by atoms with Crippen LogP contribution >= 0.6 is 23.2 Å². The molecule has 0 aliphatic carbocycles. The first-order valence-electron chi connectivity index (χ1n) is 8.64. The third-order valence-electron chi connectivity index (χ3n) is 4.15. The van der Waals surface area contributed by atoms with Gasteiger partial charge in [0.1, 0.15) is 11.5 Å².